The number of carbonyl (C=O) groups excluding carboxylic acids is 1. The van der Waals surface area contributed by atoms with Crippen molar-refractivity contribution in [3.8, 4) is 11.5 Å². The van der Waals surface area contributed by atoms with Gasteiger partial charge in [0.05, 0.1) is 0 Å². The monoisotopic (exact) mass is 1290 g/mol. The summed E-state index contributed by atoms with van der Waals surface area (Å²) in [4.78, 5) is 11.7. The Morgan fingerprint density at radius 3 is 1.45 bits per heavy atom. The van der Waals surface area contributed by atoms with Crippen LogP contribution < -0.4 is 35.4 Å². The first kappa shape index (κ1) is 44.4. The number of carbonyl (C=O) groups is 1. The predicted molar refractivity (Wildman–Crippen MR) is 222 cm³/mol. The number of anilines is 4. The second-order valence-electron chi connectivity index (χ2n) is 7.74. The third-order valence-corrected chi connectivity index (χ3v) is 5.46. The number of aryl methyl sites for hydroxylation is 2. The number of nitrogens with two attached hydrogens (primary N) is 2. The van der Waals surface area contributed by atoms with Crippen LogP contribution in [0.15, 0.2) is 84.9 Å². The van der Waals surface area contributed by atoms with Crippen LogP contribution in [-0.4, -0.2) is 16.2 Å². The van der Waals surface area contributed by atoms with E-state index in [-0.39, 0.29) is 41.5 Å². The number of aromatic hydroxyl groups is 2. The van der Waals surface area contributed by atoms with Gasteiger partial charge >= 0.3 is 56.5 Å². The van der Waals surface area contributed by atoms with Crippen LogP contribution in [-0.2, 0) is 0 Å². The molecule has 4 aromatic rings. The van der Waals surface area contributed by atoms with E-state index in [0.717, 1.165) is 21.8 Å². The zero-order chi connectivity index (χ0) is 31.4. The van der Waals surface area contributed by atoms with Gasteiger partial charge in [-0.2, -0.15) is 0 Å². The fraction of sp³-hybridized carbons (Fsp3) is 0.0741. The molecule has 0 saturated carbocycles. The van der Waals surface area contributed by atoms with Crippen LogP contribution in [0, 0.1) is 13.8 Å². The Hall–Kier alpha value is 0.310. The molecule has 0 aliphatic carbocycles. The van der Waals surface area contributed by atoms with E-state index in [0.29, 0.717) is 35.3 Å². The summed E-state index contributed by atoms with van der Waals surface area (Å²) in [7, 11) is 0. The average Bonchev–Trinajstić information content (AvgIpc) is 2.94. The largest absolute Gasteiger partial charge is 0.508 e. The fourth-order valence-corrected chi connectivity index (χ4v) is 2.94. The molecule has 0 bridgehead atoms. The van der Waals surface area contributed by atoms with Crippen LogP contribution in [0.4, 0.5) is 27.5 Å². The smallest absolute Gasteiger partial charge is 0.115 e. The van der Waals surface area contributed by atoms with E-state index >= 15 is 0 Å². The number of rotatable bonds is 2. The Morgan fingerprint density at radius 1 is 0.690 bits per heavy atom. The maximum atomic E-state index is 11.7. The number of phenols is 2. The SMILES string of the molecule is Cc1cc(N)ccc1Cl.Cc1cc(NC(=O)Nc2ccc(O)cc2)ccc1Cl.I.II.I[I-]I.Nc1ccc(O)cc1. The second kappa shape index (κ2) is 26.5. The van der Waals surface area contributed by atoms with Gasteiger partial charge in [-0.15, -0.1) is 24.0 Å². The molecule has 0 unspecified atom stereocenters. The van der Waals surface area contributed by atoms with E-state index in [1.807, 2.05) is 19.9 Å². The molecular formula is C27H29Cl2I6N4O3-. The summed E-state index contributed by atoms with van der Waals surface area (Å²) in [5.74, 6) is 0.401. The molecule has 8 N–H and O–H groups in total. The van der Waals surface area contributed by atoms with Gasteiger partial charge in [0, 0.05) is 70.0 Å². The summed E-state index contributed by atoms with van der Waals surface area (Å²) in [6.45, 7) is 3.80. The molecule has 0 aliphatic heterocycles. The van der Waals surface area contributed by atoms with Crippen molar-refractivity contribution in [3.63, 3.8) is 0 Å². The number of halogens is 8. The topological polar surface area (TPSA) is 134 Å². The van der Waals surface area contributed by atoms with E-state index in [2.05, 4.69) is 85.1 Å². The van der Waals surface area contributed by atoms with Gasteiger partial charge in [0.1, 0.15) is 11.5 Å². The van der Waals surface area contributed by atoms with E-state index in [1.165, 1.54) is 12.1 Å². The predicted octanol–water partition coefficient (Wildman–Crippen LogP) is 8.37. The summed E-state index contributed by atoms with van der Waals surface area (Å²) >= 11 is 21.2. The molecule has 232 valence electrons. The third kappa shape index (κ3) is 21.1. The van der Waals surface area contributed by atoms with Crippen LogP contribution in [0.1, 0.15) is 11.1 Å². The third-order valence-electron chi connectivity index (χ3n) is 4.62. The second-order valence-corrected chi connectivity index (χ2v) is 24.8. The standard InChI is InChI=1S/C14H13ClN2O2.C7H8ClN.C6H7NO.I3.I2.HI/c1-9-8-11(4-7-13(9)15)17-14(19)16-10-2-5-12(18)6-3-10;1-5-4-6(9)2-3-7(5)8;7-5-1-3-6(8)4-2-5;1-3-2;1-2;/h2-8,18H,1H3,(H2,16,17,19);2-4H,9H2,1H3;1-4,8H,7H2;;;1H/q;;;-1;;. The van der Waals surface area contributed by atoms with Crippen LogP contribution in [0.5, 0.6) is 11.5 Å². The normalized spacial score (nSPS) is 8.95. The number of hydrogen-bond acceptors (Lipinski definition) is 5. The molecule has 0 fully saturated rings. The van der Waals surface area contributed by atoms with E-state index in [4.69, 9.17) is 44.9 Å². The summed E-state index contributed by atoms with van der Waals surface area (Å²) in [6, 6.07) is 23.0. The maximum absolute atomic E-state index is 11.7. The summed E-state index contributed by atoms with van der Waals surface area (Å²) in [5.41, 5.74) is 15.4. The Labute approximate surface area is 327 Å². The van der Waals surface area contributed by atoms with Gasteiger partial charge in [0.2, 0.25) is 0 Å². The Bertz CT molecular complexity index is 1300. The number of nitrogen functional groups attached to an aromatic ring is 2. The van der Waals surface area contributed by atoms with Crippen molar-refractivity contribution < 1.29 is 28.3 Å². The van der Waals surface area contributed by atoms with Gasteiger partial charge in [0.25, 0.3) is 0 Å². The number of amides is 2. The van der Waals surface area contributed by atoms with Gasteiger partial charge in [0.15, 0.2) is 0 Å². The number of nitrogens with one attached hydrogen (secondary N) is 2. The van der Waals surface area contributed by atoms with Gasteiger partial charge in [-0.3, -0.25) is 0 Å². The molecule has 15 heteroatoms. The molecular weight excluding hydrogens is 1260 g/mol. The molecule has 0 heterocycles. The van der Waals surface area contributed by atoms with Crippen molar-refractivity contribution >= 4 is 150 Å². The van der Waals surface area contributed by atoms with E-state index < -0.39 is 0 Å². The van der Waals surface area contributed by atoms with Crippen LogP contribution in [0.2, 0.25) is 10.0 Å². The Kier molecular flexibility index (Phi) is 28.1. The number of phenolic OH excluding ortho intramolecular Hbond substituents is 2. The van der Waals surface area contributed by atoms with Gasteiger partial charge < -0.3 is 32.3 Å². The van der Waals surface area contributed by atoms with Gasteiger partial charge in [-0.1, -0.05) is 23.2 Å². The number of benzene rings is 4. The van der Waals surface area contributed by atoms with E-state index in [9.17, 15) is 4.79 Å². The van der Waals surface area contributed by atoms with Crippen molar-refractivity contribution in [1.82, 2.24) is 0 Å². The van der Waals surface area contributed by atoms with E-state index in [1.54, 1.807) is 66.7 Å². The number of hydrogen-bond donors (Lipinski definition) is 6. The summed E-state index contributed by atoms with van der Waals surface area (Å²) in [6.07, 6.45) is 0. The van der Waals surface area contributed by atoms with Crippen molar-refractivity contribution in [2.75, 3.05) is 22.1 Å². The molecule has 0 spiro atoms. The van der Waals surface area contributed by atoms with Crippen molar-refractivity contribution in [3.05, 3.63) is 106 Å². The zero-order valence-electron chi connectivity index (χ0n) is 22.1. The minimum atomic E-state index is -0.354. The van der Waals surface area contributed by atoms with Crippen molar-refractivity contribution in [1.29, 1.82) is 0 Å². The molecule has 0 radical (unpaired) electrons. The molecule has 7 nitrogen and oxygen atoms in total. The molecule has 42 heavy (non-hydrogen) atoms. The molecule has 0 saturated heterocycles. The maximum Gasteiger partial charge on any atom is 0.115 e. The molecule has 2 amide bonds. The fourth-order valence-electron chi connectivity index (χ4n) is 2.70. The minimum absolute atomic E-state index is 0. The first-order valence-electron chi connectivity index (χ1n) is 11.2. The summed E-state index contributed by atoms with van der Waals surface area (Å²) < 4.78 is 0. The quantitative estimate of drug-likeness (QED) is 0.0683. The van der Waals surface area contributed by atoms with Gasteiger partial charge in [-0.25, -0.2) is 4.79 Å². The minimum Gasteiger partial charge on any atom is -0.508 e. The first-order chi connectivity index (χ1) is 19.4. The van der Waals surface area contributed by atoms with Crippen LogP contribution in [0.3, 0.4) is 0 Å². The Balaban J connectivity index is 0. The molecule has 0 aromatic heterocycles. The van der Waals surface area contributed by atoms with Crippen molar-refractivity contribution in [2.45, 2.75) is 13.8 Å². The van der Waals surface area contributed by atoms with Crippen LogP contribution in [0.25, 0.3) is 0 Å². The van der Waals surface area contributed by atoms with Crippen molar-refractivity contribution in [2.24, 2.45) is 0 Å². The molecule has 0 aliphatic rings. The zero-order valence-corrected chi connectivity index (χ0v) is 36.7. The molecule has 4 rings (SSSR count). The molecule has 0 atom stereocenters. The average molecular weight is 1290 g/mol. The van der Waals surface area contributed by atoms with Gasteiger partial charge in [-0.05, 0) is 110 Å². The Morgan fingerprint density at radius 2 is 1.05 bits per heavy atom. The summed E-state index contributed by atoms with van der Waals surface area (Å²) in [5, 5.41) is 24.6. The number of urea groups is 1. The first-order valence-corrected chi connectivity index (χ1v) is 30.8. The van der Waals surface area contributed by atoms with Crippen LogP contribution >= 0.6 is 122 Å². The molecule has 4 aromatic carbocycles.